The summed E-state index contributed by atoms with van der Waals surface area (Å²) in [6.45, 7) is 6.13. The Morgan fingerprint density at radius 3 is 2.25 bits per heavy atom. The maximum absolute atomic E-state index is 10.8. The van der Waals surface area contributed by atoms with Gasteiger partial charge in [-0.15, -0.1) is 0 Å². The van der Waals surface area contributed by atoms with E-state index in [1.54, 1.807) is 6.08 Å². The Hall–Kier alpha value is -1.57. The summed E-state index contributed by atoms with van der Waals surface area (Å²) in [5, 5.41) is 8.91. The summed E-state index contributed by atoms with van der Waals surface area (Å²) in [6, 6.07) is 8.03. The van der Waals surface area contributed by atoms with Gasteiger partial charge in [0.15, 0.2) is 0 Å². The van der Waals surface area contributed by atoms with Gasteiger partial charge in [0.2, 0.25) is 0 Å². The van der Waals surface area contributed by atoms with Crippen molar-refractivity contribution in [3.05, 3.63) is 41.0 Å². The number of aliphatic carboxylic acids is 1. The lowest BCUT2D eigenvalue weighted by molar-refractivity contribution is -0.132. The van der Waals surface area contributed by atoms with Crippen LogP contribution in [0.15, 0.2) is 29.8 Å². The predicted octanol–water partition coefficient (Wildman–Crippen LogP) is 3.69. The largest absolute Gasteiger partial charge is 0.478 e. The lowest BCUT2D eigenvalue weighted by atomic mass is 10.0. The molecule has 86 valence electrons. The second-order valence-electron chi connectivity index (χ2n) is 4.15. The molecule has 0 unspecified atom stereocenters. The first-order valence-corrected chi connectivity index (χ1v) is 5.58. The van der Waals surface area contributed by atoms with Gasteiger partial charge in [-0.05, 0) is 29.5 Å². The Morgan fingerprint density at radius 2 is 1.88 bits per heavy atom. The summed E-state index contributed by atoms with van der Waals surface area (Å²) < 4.78 is 0. The van der Waals surface area contributed by atoms with Crippen LogP contribution < -0.4 is 0 Å². The summed E-state index contributed by atoms with van der Waals surface area (Å²) in [5.74, 6) is -0.335. The van der Waals surface area contributed by atoms with Crippen LogP contribution >= 0.6 is 0 Å². The Labute approximate surface area is 96.6 Å². The Morgan fingerprint density at radius 1 is 1.31 bits per heavy atom. The van der Waals surface area contributed by atoms with Crippen molar-refractivity contribution >= 4 is 12.0 Å². The molecule has 2 nitrogen and oxygen atoms in total. The van der Waals surface area contributed by atoms with Gasteiger partial charge in [-0.1, -0.05) is 45.0 Å². The molecule has 1 rings (SSSR count). The lowest BCUT2D eigenvalue weighted by Gasteiger charge is -2.05. The zero-order valence-electron chi connectivity index (χ0n) is 10.0. The van der Waals surface area contributed by atoms with Crippen LogP contribution in [0.4, 0.5) is 0 Å². The van der Waals surface area contributed by atoms with Crippen molar-refractivity contribution in [2.75, 3.05) is 0 Å². The van der Waals surface area contributed by atoms with Gasteiger partial charge in [0.25, 0.3) is 0 Å². The van der Waals surface area contributed by atoms with Crippen LogP contribution in [0.1, 0.15) is 44.2 Å². The average molecular weight is 218 g/mol. The highest BCUT2D eigenvalue weighted by atomic mass is 16.4. The molecule has 0 aliphatic heterocycles. The van der Waals surface area contributed by atoms with Gasteiger partial charge in [-0.25, -0.2) is 4.79 Å². The van der Waals surface area contributed by atoms with Gasteiger partial charge >= 0.3 is 5.97 Å². The molecule has 2 heteroatoms. The standard InChI is InChI=1S/C14H18O2/c1-4-12(14(15)16)9-11-5-7-13(8-6-11)10(2)3/h5-10H,4H2,1-3H3,(H,15,16)/b12-9+. The molecule has 0 aliphatic carbocycles. The Balaban J connectivity index is 2.94. The van der Waals surface area contributed by atoms with E-state index in [2.05, 4.69) is 13.8 Å². The molecule has 0 radical (unpaired) electrons. The topological polar surface area (TPSA) is 37.3 Å². The van der Waals surface area contributed by atoms with Gasteiger partial charge in [0, 0.05) is 5.57 Å². The second kappa shape index (κ2) is 5.50. The highest BCUT2D eigenvalue weighted by Gasteiger charge is 2.04. The first-order chi connectivity index (χ1) is 7.54. The van der Waals surface area contributed by atoms with Crippen molar-refractivity contribution in [3.63, 3.8) is 0 Å². The monoisotopic (exact) mass is 218 g/mol. The van der Waals surface area contributed by atoms with Gasteiger partial charge in [0.1, 0.15) is 0 Å². The third-order valence-corrected chi connectivity index (χ3v) is 2.60. The quantitative estimate of drug-likeness (QED) is 0.782. The van der Waals surface area contributed by atoms with E-state index in [0.29, 0.717) is 17.9 Å². The zero-order chi connectivity index (χ0) is 12.1. The van der Waals surface area contributed by atoms with Gasteiger partial charge < -0.3 is 5.11 Å². The van der Waals surface area contributed by atoms with E-state index in [4.69, 9.17) is 5.11 Å². The van der Waals surface area contributed by atoms with Crippen LogP contribution in [0.25, 0.3) is 6.08 Å². The number of carbonyl (C=O) groups is 1. The van der Waals surface area contributed by atoms with Crippen LogP contribution in [0.3, 0.4) is 0 Å². The molecule has 1 aromatic carbocycles. The molecule has 0 spiro atoms. The van der Waals surface area contributed by atoms with Crippen molar-refractivity contribution < 1.29 is 9.90 Å². The predicted molar refractivity (Wildman–Crippen MR) is 66.4 cm³/mol. The van der Waals surface area contributed by atoms with Crippen molar-refractivity contribution in [1.29, 1.82) is 0 Å². The fourth-order valence-electron chi connectivity index (χ4n) is 1.49. The number of hydrogen-bond acceptors (Lipinski definition) is 1. The van der Waals surface area contributed by atoms with Gasteiger partial charge in [-0.3, -0.25) is 0 Å². The molecule has 0 amide bonds. The Bertz CT molecular complexity index is 386. The van der Waals surface area contributed by atoms with E-state index in [1.165, 1.54) is 5.56 Å². The van der Waals surface area contributed by atoms with Crippen LogP contribution in [0.5, 0.6) is 0 Å². The molecule has 16 heavy (non-hydrogen) atoms. The molecule has 0 aliphatic rings. The molecule has 0 aromatic heterocycles. The summed E-state index contributed by atoms with van der Waals surface area (Å²) in [7, 11) is 0. The van der Waals surface area contributed by atoms with E-state index in [9.17, 15) is 4.79 Å². The fourth-order valence-corrected chi connectivity index (χ4v) is 1.49. The Kier molecular flexibility index (Phi) is 4.29. The van der Waals surface area contributed by atoms with Crippen molar-refractivity contribution in [2.24, 2.45) is 0 Å². The highest BCUT2D eigenvalue weighted by Crippen LogP contribution is 2.16. The van der Waals surface area contributed by atoms with Crippen molar-refractivity contribution in [3.8, 4) is 0 Å². The number of hydrogen-bond donors (Lipinski definition) is 1. The lowest BCUT2D eigenvalue weighted by Crippen LogP contribution is -1.98. The van der Waals surface area contributed by atoms with E-state index in [-0.39, 0.29) is 0 Å². The summed E-state index contributed by atoms with van der Waals surface area (Å²) in [6.07, 6.45) is 2.27. The van der Waals surface area contributed by atoms with Gasteiger partial charge in [0.05, 0.1) is 0 Å². The molecule has 0 saturated heterocycles. The number of benzene rings is 1. The smallest absolute Gasteiger partial charge is 0.331 e. The van der Waals surface area contributed by atoms with Crippen LogP contribution in [-0.4, -0.2) is 11.1 Å². The molecular weight excluding hydrogens is 200 g/mol. The summed E-state index contributed by atoms with van der Waals surface area (Å²) in [4.78, 5) is 10.8. The maximum Gasteiger partial charge on any atom is 0.331 e. The van der Waals surface area contributed by atoms with E-state index in [0.717, 1.165) is 5.56 Å². The number of carboxylic acids is 1. The number of rotatable bonds is 4. The van der Waals surface area contributed by atoms with Crippen molar-refractivity contribution in [1.82, 2.24) is 0 Å². The highest BCUT2D eigenvalue weighted by molar-refractivity contribution is 5.92. The first kappa shape index (κ1) is 12.5. The van der Waals surface area contributed by atoms with Crippen LogP contribution in [-0.2, 0) is 4.79 Å². The SMILES string of the molecule is CC/C(=C\c1ccc(C(C)C)cc1)C(=O)O. The first-order valence-electron chi connectivity index (χ1n) is 5.58. The summed E-state index contributed by atoms with van der Waals surface area (Å²) in [5.41, 5.74) is 2.66. The maximum atomic E-state index is 10.8. The molecule has 1 N–H and O–H groups in total. The van der Waals surface area contributed by atoms with Gasteiger partial charge in [-0.2, -0.15) is 0 Å². The molecule has 0 bridgehead atoms. The van der Waals surface area contributed by atoms with Crippen LogP contribution in [0, 0.1) is 0 Å². The third kappa shape index (κ3) is 3.23. The zero-order valence-corrected chi connectivity index (χ0v) is 10.0. The minimum absolute atomic E-state index is 0.442. The van der Waals surface area contributed by atoms with E-state index >= 15 is 0 Å². The summed E-state index contributed by atoms with van der Waals surface area (Å²) >= 11 is 0. The molecule has 0 fully saturated rings. The van der Waals surface area contributed by atoms with Crippen molar-refractivity contribution in [2.45, 2.75) is 33.1 Å². The molecule has 0 saturated carbocycles. The number of carboxylic acid groups (broad SMARTS) is 1. The average Bonchev–Trinajstić information content (AvgIpc) is 2.26. The fraction of sp³-hybridized carbons (Fsp3) is 0.357. The molecule has 0 atom stereocenters. The molecule has 0 heterocycles. The van der Waals surface area contributed by atoms with E-state index in [1.807, 2.05) is 31.2 Å². The molecule has 1 aromatic rings. The minimum atomic E-state index is -0.838. The second-order valence-corrected chi connectivity index (χ2v) is 4.15. The molecular formula is C14H18O2. The van der Waals surface area contributed by atoms with Crippen LogP contribution in [0.2, 0.25) is 0 Å². The third-order valence-electron chi connectivity index (χ3n) is 2.60. The van der Waals surface area contributed by atoms with E-state index < -0.39 is 5.97 Å². The minimum Gasteiger partial charge on any atom is -0.478 e. The normalized spacial score (nSPS) is 11.9.